The number of nitrogens with one attached hydrogen (secondary N) is 3. The van der Waals surface area contributed by atoms with Gasteiger partial charge in [-0.2, -0.15) is 5.10 Å². The number of hydrogen-bond acceptors (Lipinski definition) is 6. The molecule has 3 N–H and O–H groups in total. The highest BCUT2D eigenvalue weighted by molar-refractivity contribution is 5.93. The topological polar surface area (TPSA) is 143 Å². The standard InChI is InChI=1S/C31H42N8O4/c1-21(2)28-29-33-22(3)36-39(29)20-27(41)32-15-10-18-38(31(43)25-13-8-16-37(25)4)17-9-14-26(40)34-24(30(42)35-28)19-23-11-6-5-7-12-23/h5-8,11-13,16,21,24,28H,9-10,14-15,17-20H2,1-4H3,(H,32,41)(H,34,40)(H,35,42)/t24-,28+/m1/s1. The summed E-state index contributed by atoms with van der Waals surface area (Å²) in [6.45, 7) is 6.73. The molecule has 1 aliphatic rings. The van der Waals surface area contributed by atoms with Crippen LogP contribution >= 0.6 is 0 Å². The third kappa shape index (κ3) is 8.52. The van der Waals surface area contributed by atoms with E-state index >= 15 is 0 Å². The SMILES string of the molecule is Cc1nc2n(n1)CC(=O)NCCCN(C(=O)c1cccn1C)CCCC(=O)N[C@H](Cc1ccccc1)C(=O)N[C@H]2C(C)C. The number of benzene rings is 1. The van der Waals surface area contributed by atoms with Crippen molar-refractivity contribution in [2.24, 2.45) is 13.0 Å². The molecule has 0 saturated carbocycles. The molecule has 230 valence electrons. The number of aromatic nitrogens is 4. The van der Waals surface area contributed by atoms with Crippen LogP contribution in [0.1, 0.15) is 66.9 Å². The molecule has 0 spiro atoms. The second-order valence-electron chi connectivity index (χ2n) is 11.3. The Kier molecular flexibility index (Phi) is 10.7. The van der Waals surface area contributed by atoms with Gasteiger partial charge in [-0.25, -0.2) is 9.67 Å². The first-order chi connectivity index (χ1) is 20.6. The van der Waals surface area contributed by atoms with Crippen molar-refractivity contribution in [1.29, 1.82) is 0 Å². The summed E-state index contributed by atoms with van der Waals surface area (Å²) in [4.78, 5) is 59.4. The molecule has 12 nitrogen and oxygen atoms in total. The summed E-state index contributed by atoms with van der Waals surface area (Å²) < 4.78 is 3.28. The Morgan fingerprint density at radius 1 is 1.00 bits per heavy atom. The van der Waals surface area contributed by atoms with Crippen LogP contribution in [-0.2, 0) is 34.4 Å². The van der Waals surface area contributed by atoms with Gasteiger partial charge in [-0.3, -0.25) is 19.2 Å². The molecule has 3 aromatic rings. The zero-order valence-corrected chi connectivity index (χ0v) is 25.4. The van der Waals surface area contributed by atoms with E-state index in [2.05, 4.69) is 26.0 Å². The Labute approximate surface area is 252 Å². The minimum Gasteiger partial charge on any atom is -0.354 e. The lowest BCUT2D eigenvalue weighted by Crippen LogP contribution is -2.50. The first-order valence-corrected chi connectivity index (χ1v) is 14.8. The highest BCUT2D eigenvalue weighted by Gasteiger charge is 2.30. The molecule has 12 heteroatoms. The number of hydrogen-bond donors (Lipinski definition) is 3. The minimum absolute atomic E-state index is 0.0640. The fraction of sp³-hybridized carbons (Fsp3) is 0.484. The van der Waals surface area contributed by atoms with E-state index in [4.69, 9.17) is 0 Å². The molecule has 0 aliphatic carbocycles. The van der Waals surface area contributed by atoms with Gasteiger partial charge >= 0.3 is 0 Å². The van der Waals surface area contributed by atoms with Crippen molar-refractivity contribution >= 4 is 23.6 Å². The van der Waals surface area contributed by atoms with E-state index in [1.54, 1.807) is 22.5 Å². The number of fused-ring (bicyclic) bond motifs is 1. The van der Waals surface area contributed by atoms with Gasteiger partial charge in [0.25, 0.3) is 5.91 Å². The van der Waals surface area contributed by atoms with Gasteiger partial charge in [-0.1, -0.05) is 44.2 Å². The Bertz CT molecular complexity index is 1410. The van der Waals surface area contributed by atoms with E-state index in [1.165, 1.54) is 4.68 Å². The maximum atomic E-state index is 13.7. The first-order valence-electron chi connectivity index (χ1n) is 14.8. The van der Waals surface area contributed by atoms with Crippen LogP contribution in [-0.4, -0.2) is 73.5 Å². The van der Waals surface area contributed by atoms with Gasteiger partial charge in [0.1, 0.15) is 24.1 Å². The summed E-state index contributed by atoms with van der Waals surface area (Å²) in [5, 5.41) is 13.3. The molecule has 1 aromatic carbocycles. The molecular formula is C31H42N8O4. The predicted molar refractivity (Wildman–Crippen MR) is 161 cm³/mol. The number of rotatable bonds is 4. The molecule has 1 aliphatic heterocycles. The summed E-state index contributed by atoms with van der Waals surface area (Å²) in [5.74, 6) is -0.113. The normalized spacial score (nSPS) is 19.6. The van der Waals surface area contributed by atoms with Crippen molar-refractivity contribution in [3.05, 3.63) is 71.6 Å². The van der Waals surface area contributed by atoms with Gasteiger partial charge in [-0.15, -0.1) is 0 Å². The van der Waals surface area contributed by atoms with Crippen LogP contribution in [0.4, 0.5) is 0 Å². The quantitative estimate of drug-likeness (QED) is 0.424. The smallest absolute Gasteiger partial charge is 0.270 e. The molecular weight excluding hydrogens is 548 g/mol. The molecule has 2 aromatic heterocycles. The van der Waals surface area contributed by atoms with Crippen LogP contribution in [0, 0.1) is 12.8 Å². The molecule has 3 heterocycles. The van der Waals surface area contributed by atoms with E-state index < -0.39 is 12.1 Å². The highest BCUT2D eigenvalue weighted by Crippen LogP contribution is 2.21. The molecule has 0 saturated heterocycles. The average Bonchev–Trinajstić information content (AvgIpc) is 3.56. The zero-order chi connectivity index (χ0) is 30.9. The van der Waals surface area contributed by atoms with Gasteiger partial charge in [0.2, 0.25) is 17.7 Å². The van der Waals surface area contributed by atoms with E-state index in [1.807, 2.05) is 63.5 Å². The number of amides is 4. The maximum absolute atomic E-state index is 13.7. The molecule has 0 unspecified atom stereocenters. The predicted octanol–water partition coefficient (Wildman–Crippen LogP) is 1.91. The van der Waals surface area contributed by atoms with Gasteiger partial charge in [0.05, 0.1) is 6.04 Å². The molecule has 4 amide bonds. The zero-order valence-electron chi connectivity index (χ0n) is 25.4. The Balaban J connectivity index is 1.61. The molecule has 0 radical (unpaired) electrons. The second kappa shape index (κ2) is 14.6. The fourth-order valence-corrected chi connectivity index (χ4v) is 5.21. The lowest BCUT2D eigenvalue weighted by Gasteiger charge is -2.26. The summed E-state index contributed by atoms with van der Waals surface area (Å²) in [6.07, 6.45) is 3.22. The average molecular weight is 591 g/mol. The van der Waals surface area contributed by atoms with E-state index in [9.17, 15) is 19.2 Å². The third-order valence-corrected chi connectivity index (χ3v) is 7.49. The van der Waals surface area contributed by atoms with Crippen molar-refractivity contribution in [1.82, 2.24) is 40.2 Å². The van der Waals surface area contributed by atoms with Crippen LogP contribution < -0.4 is 16.0 Å². The van der Waals surface area contributed by atoms with Crippen molar-refractivity contribution in [2.75, 3.05) is 19.6 Å². The molecule has 43 heavy (non-hydrogen) atoms. The molecule has 0 bridgehead atoms. The van der Waals surface area contributed by atoms with Crippen molar-refractivity contribution in [3.63, 3.8) is 0 Å². The number of aryl methyl sites for hydroxylation is 2. The third-order valence-electron chi connectivity index (χ3n) is 7.49. The van der Waals surface area contributed by atoms with Gasteiger partial charge in [-0.05, 0) is 43.4 Å². The maximum Gasteiger partial charge on any atom is 0.270 e. The van der Waals surface area contributed by atoms with Gasteiger partial charge < -0.3 is 25.4 Å². The van der Waals surface area contributed by atoms with Crippen LogP contribution in [0.3, 0.4) is 0 Å². The number of nitrogens with zero attached hydrogens (tertiary/aromatic N) is 5. The largest absolute Gasteiger partial charge is 0.354 e. The Hall–Kier alpha value is -4.48. The first kappa shape index (κ1) is 31.5. The van der Waals surface area contributed by atoms with E-state index in [-0.39, 0.29) is 42.5 Å². The highest BCUT2D eigenvalue weighted by atomic mass is 16.2. The number of carbonyl (C=O) groups is 4. The monoisotopic (exact) mass is 590 g/mol. The van der Waals surface area contributed by atoms with Crippen molar-refractivity contribution in [3.8, 4) is 0 Å². The van der Waals surface area contributed by atoms with Crippen LogP contribution in [0.15, 0.2) is 48.7 Å². The van der Waals surface area contributed by atoms with Crippen LogP contribution in [0.5, 0.6) is 0 Å². The van der Waals surface area contributed by atoms with Crippen molar-refractivity contribution < 1.29 is 19.2 Å². The molecule has 4 rings (SSSR count). The summed E-state index contributed by atoms with van der Waals surface area (Å²) in [6, 6.07) is 11.7. The molecule has 2 atom stereocenters. The molecule has 0 fully saturated rings. The van der Waals surface area contributed by atoms with Crippen LogP contribution in [0.2, 0.25) is 0 Å². The Morgan fingerprint density at radius 2 is 1.74 bits per heavy atom. The van der Waals surface area contributed by atoms with Crippen molar-refractivity contribution in [2.45, 2.75) is 65.1 Å². The lowest BCUT2D eigenvalue weighted by atomic mass is 10.0. The van der Waals surface area contributed by atoms with Crippen LogP contribution in [0.25, 0.3) is 0 Å². The van der Waals surface area contributed by atoms with E-state index in [0.717, 1.165) is 5.56 Å². The summed E-state index contributed by atoms with van der Waals surface area (Å²) in [5.41, 5.74) is 1.45. The van der Waals surface area contributed by atoms with Gasteiger partial charge in [0, 0.05) is 45.7 Å². The minimum atomic E-state index is -0.836. The van der Waals surface area contributed by atoms with E-state index in [0.29, 0.717) is 56.2 Å². The number of carbonyl (C=O) groups excluding carboxylic acids is 4. The fourth-order valence-electron chi connectivity index (χ4n) is 5.21. The summed E-state index contributed by atoms with van der Waals surface area (Å²) in [7, 11) is 1.81. The summed E-state index contributed by atoms with van der Waals surface area (Å²) >= 11 is 0. The second-order valence-corrected chi connectivity index (χ2v) is 11.3. The van der Waals surface area contributed by atoms with Gasteiger partial charge in [0.15, 0.2) is 5.82 Å². The lowest BCUT2D eigenvalue weighted by molar-refractivity contribution is -0.129. The Morgan fingerprint density at radius 3 is 2.44 bits per heavy atom.